The molecule has 3 heterocycles. The molecule has 0 saturated carbocycles. The molecule has 94 heavy (non-hydrogen) atoms. The Balaban J connectivity index is 1.98. The lowest BCUT2D eigenvalue weighted by Gasteiger charge is -2.45. The lowest BCUT2D eigenvalue weighted by molar-refractivity contribution is -0.299. The van der Waals surface area contributed by atoms with Crippen LogP contribution in [0.15, 0.2) is 11.3 Å². The van der Waals surface area contributed by atoms with E-state index in [0.29, 0.717) is 0 Å². The number of allylic oxidation sites excluding steroid dienone is 2. The molecule has 0 bridgehead atoms. The summed E-state index contributed by atoms with van der Waals surface area (Å²) in [5, 5.41) is 26.1. The van der Waals surface area contributed by atoms with E-state index in [1.165, 1.54) is 13.8 Å². The Morgan fingerprint density at radius 1 is 0.351 bits per heavy atom. The molecule has 5 rings (SSSR count). The molecule has 3 fully saturated rings. The zero-order valence-electron chi connectivity index (χ0n) is 54.4. The first kappa shape index (κ1) is 75.5. The van der Waals surface area contributed by atoms with Gasteiger partial charge in [0.2, 0.25) is 54.5 Å². The SMILES string of the molecule is CC(=O)OCC1OC(OC2=C(C(C)(C)CC(C)(C)C)C(=O)c3c(O)c(OC4OC(COC(C)=O)C(OC(C)=O)C(OC(C)=O)C4OC(C)=O)c(OC4OC(COC(C)=O)C(OC(C)=O)C(OC(C)=O)C4OC(C)=O)c(O)c3C2=O)C(OC(C)=O)C(OC(C)=O)C1OC(C)=O. The minimum Gasteiger partial charge on any atom is -0.504 e. The zero-order chi connectivity index (χ0) is 70.9. The van der Waals surface area contributed by atoms with Crippen LogP contribution in [0.4, 0.5) is 0 Å². The molecule has 4 aliphatic rings. The first-order valence-corrected chi connectivity index (χ1v) is 28.9. The lowest BCUT2D eigenvalue weighted by Crippen LogP contribution is -2.64. The summed E-state index contributed by atoms with van der Waals surface area (Å²) in [6.45, 7) is 16.5. The van der Waals surface area contributed by atoms with Crippen molar-refractivity contribution in [1.29, 1.82) is 0 Å². The van der Waals surface area contributed by atoms with Crippen LogP contribution >= 0.6 is 0 Å². The molecule has 34 nitrogen and oxygen atoms in total. The maximum atomic E-state index is 16.1. The highest BCUT2D eigenvalue weighted by molar-refractivity contribution is 6.29. The van der Waals surface area contributed by atoms with Gasteiger partial charge in [-0.3, -0.25) is 67.1 Å². The van der Waals surface area contributed by atoms with Crippen LogP contribution in [0.1, 0.15) is 145 Å². The zero-order valence-corrected chi connectivity index (χ0v) is 54.4. The van der Waals surface area contributed by atoms with Crippen LogP contribution in [0.25, 0.3) is 0 Å². The third-order valence-corrected chi connectivity index (χ3v) is 13.7. The van der Waals surface area contributed by atoms with E-state index in [0.717, 1.165) is 83.1 Å². The molecule has 0 aromatic heterocycles. The number of fused-ring (bicyclic) bond motifs is 1. The maximum Gasteiger partial charge on any atom is 0.303 e. The van der Waals surface area contributed by atoms with Crippen molar-refractivity contribution in [1.82, 2.24) is 0 Å². The summed E-state index contributed by atoms with van der Waals surface area (Å²) >= 11 is 0. The maximum absolute atomic E-state index is 16.1. The fourth-order valence-electron chi connectivity index (χ4n) is 11.1. The van der Waals surface area contributed by atoms with Gasteiger partial charge in [-0.2, -0.15) is 0 Å². The second kappa shape index (κ2) is 31.2. The van der Waals surface area contributed by atoms with E-state index in [1.54, 1.807) is 20.8 Å². The van der Waals surface area contributed by atoms with Gasteiger partial charge in [-0.1, -0.05) is 34.6 Å². The van der Waals surface area contributed by atoms with Crippen LogP contribution in [-0.4, -0.2) is 205 Å². The van der Waals surface area contributed by atoms with Crippen LogP contribution in [0.3, 0.4) is 0 Å². The number of aromatic hydroxyl groups is 2. The molecule has 3 saturated heterocycles. The number of hydrogen-bond acceptors (Lipinski definition) is 34. The number of hydrogen-bond donors (Lipinski definition) is 2. The van der Waals surface area contributed by atoms with E-state index in [2.05, 4.69) is 0 Å². The predicted octanol–water partition coefficient (Wildman–Crippen LogP) is 2.22. The highest BCUT2D eigenvalue weighted by atomic mass is 16.8. The van der Waals surface area contributed by atoms with Gasteiger partial charge in [0.25, 0.3) is 0 Å². The Bertz CT molecular complexity index is 3190. The summed E-state index contributed by atoms with van der Waals surface area (Å²) in [7, 11) is 0. The normalized spacial score (nSPS) is 26.7. The number of benzene rings is 1. The van der Waals surface area contributed by atoms with Crippen LogP contribution < -0.4 is 9.47 Å². The van der Waals surface area contributed by atoms with Gasteiger partial charge in [-0.05, 0) is 17.3 Å². The molecule has 0 radical (unpaired) electrons. The number of ketones is 2. The predicted molar refractivity (Wildman–Crippen MR) is 302 cm³/mol. The Kier molecular flexibility index (Phi) is 25.0. The Morgan fingerprint density at radius 2 is 0.596 bits per heavy atom. The highest BCUT2D eigenvalue weighted by Gasteiger charge is 2.59. The van der Waals surface area contributed by atoms with Crippen molar-refractivity contribution < 1.29 is 163 Å². The smallest absolute Gasteiger partial charge is 0.303 e. The molecule has 0 amide bonds. The minimum absolute atomic E-state index is 0.0694. The average molecular weight is 1340 g/mol. The Morgan fingerprint density at radius 3 is 0.851 bits per heavy atom. The number of carbonyl (C=O) groups is 14. The first-order chi connectivity index (χ1) is 43.5. The Labute approximate surface area is 536 Å². The summed E-state index contributed by atoms with van der Waals surface area (Å²) in [6.07, 6.45) is -30.5. The minimum atomic E-state index is -2.44. The monoisotopic (exact) mass is 1340 g/mol. The van der Waals surface area contributed by atoms with Crippen molar-refractivity contribution in [2.75, 3.05) is 19.8 Å². The molecule has 1 aliphatic carbocycles. The van der Waals surface area contributed by atoms with E-state index in [4.69, 9.17) is 85.3 Å². The van der Waals surface area contributed by atoms with Crippen LogP contribution in [0.5, 0.6) is 23.0 Å². The number of rotatable bonds is 23. The first-order valence-electron chi connectivity index (χ1n) is 28.9. The molecule has 34 heteroatoms. The van der Waals surface area contributed by atoms with E-state index >= 15 is 9.59 Å². The van der Waals surface area contributed by atoms with Crippen LogP contribution in [0, 0.1) is 10.8 Å². The van der Waals surface area contributed by atoms with Gasteiger partial charge < -0.3 is 95.5 Å². The number of phenolic OH excluding ortho intramolecular Hbond substituents is 2. The molecule has 1 aromatic carbocycles. The van der Waals surface area contributed by atoms with E-state index < -0.39 is 251 Å². The number of ether oxygens (including phenoxy) is 18. The third kappa shape index (κ3) is 19.2. The van der Waals surface area contributed by atoms with Crippen LogP contribution in [-0.2, 0) is 133 Å². The van der Waals surface area contributed by atoms with Gasteiger partial charge in [-0.15, -0.1) is 0 Å². The number of carbonyl (C=O) groups excluding carboxylic acids is 14. The van der Waals surface area contributed by atoms with Gasteiger partial charge in [0, 0.05) is 83.1 Å². The quantitative estimate of drug-likeness (QED) is 0.0901. The van der Waals surface area contributed by atoms with Crippen molar-refractivity contribution >= 4 is 83.2 Å². The fourth-order valence-corrected chi connectivity index (χ4v) is 11.1. The van der Waals surface area contributed by atoms with E-state index in [9.17, 15) is 67.7 Å². The van der Waals surface area contributed by atoms with Gasteiger partial charge in [-0.25, -0.2) is 0 Å². The molecule has 1 aromatic rings. The van der Waals surface area contributed by atoms with Crippen molar-refractivity contribution in [3.8, 4) is 23.0 Å². The molecular formula is C60H76O34. The van der Waals surface area contributed by atoms with Crippen molar-refractivity contribution in [3.05, 3.63) is 22.5 Å². The molecule has 520 valence electrons. The molecule has 0 spiro atoms. The molecular weight excluding hydrogens is 1260 g/mol. The van der Waals surface area contributed by atoms with Crippen molar-refractivity contribution in [2.45, 2.75) is 216 Å². The van der Waals surface area contributed by atoms with Gasteiger partial charge in [0.15, 0.2) is 59.7 Å². The summed E-state index contributed by atoms with van der Waals surface area (Å²) in [4.78, 5) is 185. The van der Waals surface area contributed by atoms with Crippen LogP contribution in [0.2, 0.25) is 0 Å². The molecule has 2 N–H and O–H groups in total. The Hall–Kier alpha value is -9.18. The summed E-state index contributed by atoms with van der Waals surface area (Å²) < 4.78 is 103. The number of esters is 12. The molecule has 3 aliphatic heterocycles. The second-order valence-corrected chi connectivity index (χ2v) is 23.6. The van der Waals surface area contributed by atoms with Gasteiger partial charge >= 0.3 is 71.6 Å². The van der Waals surface area contributed by atoms with Gasteiger partial charge in [0.1, 0.15) is 38.1 Å². The van der Waals surface area contributed by atoms with Gasteiger partial charge in [0.05, 0.1) is 16.7 Å². The fraction of sp³-hybridized carbons (Fsp3) is 0.633. The third-order valence-electron chi connectivity index (χ3n) is 13.7. The largest absolute Gasteiger partial charge is 0.504 e. The molecule has 15 atom stereocenters. The standard InChI is InChI=1S/C60H76O34/c1-22(61)77-18-34-44(80-25(4)64)50(83-28(7)67)53(86-31(10)70)56(89-34)92-47-39(60(16,17)21-59(13,14)15)40(73)37-38(41(47)74)43(76)49(94-58-55(88-33(12)72)52(85-30(9)69)46(82-27(6)66)36(91-58)20-79-24(3)63)48(42(37)75)93-57-54(87-32(11)71)51(84-29(8)68)45(81-26(5)65)35(90-57)19-78-23(2)62/h34-36,44-46,50-58,75-76H,18-21H2,1-17H3. The van der Waals surface area contributed by atoms with Crippen molar-refractivity contribution in [2.24, 2.45) is 10.8 Å². The number of Topliss-reactive ketones (excluding diaryl/α,β-unsaturated/α-hetero) is 2. The average Bonchev–Trinajstić information content (AvgIpc) is 0.718. The summed E-state index contributed by atoms with van der Waals surface area (Å²) in [5.74, 6) is -22.7. The summed E-state index contributed by atoms with van der Waals surface area (Å²) in [6, 6.07) is 0. The van der Waals surface area contributed by atoms with E-state index in [-0.39, 0.29) is 6.42 Å². The molecule has 15 unspecified atom stereocenters. The lowest BCUT2D eigenvalue weighted by atomic mass is 9.67. The number of phenols is 2. The van der Waals surface area contributed by atoms with E-state index in [1.807, 2.05) is 0 Å². The topological polar surface area (TPSA) is 446 Å². The van der Waals surface area contributed by atoms with Crippen molar-refractivity contribution in [3.63, 3.8) is 0 Å². The second-order valence-electron chi connectivity index (χ2n) is 23.6. The highest BCUT2D eigenvalue weighted by Crippen LogP contribution is 2.56. The summed E-state index contributed by atoms with van der Waals surface area (Å²) in [5.41, 5.74) is -5.55.